The normalized spacial score (nSPS) is 15.9. The maximum absolute atomic E-state index is 13.2. The van der Waals surface area contributed by atoms with Gasteiger partial charge in [0.1, 0.15) is 10.6 Å². The molecule has 0 aromatic carbocycles. The van der Waals surface area contributed by atoms with Crippen molar-refractivity contribution < 1.29 is 47.2 Å². The molecule has 0 atom stereocenters. The lowest BCUT2D eigenvalue weighted by molar-refractivity contribution is -0.140. The summed E-state index contributed by atoms with van der Waals surface area (Å²) >= 11 is 0. The van der Waals surface area contributed by atoms with Crippen LogP contribution in [0.15, 0.2) is 21.8 Å². The number of rotatable bonds is 5. The molecular formula is C13H15O10P. The van der Waals surface area contributed by atoms with Crippen molar-refractivity contribution >= 4 is 31.2 Å². The lowest BCUT2D eigenvalue weighted by Crippen LogP contribution is -2.18. The molecule has 1 heterocycles. The first-order chi connectivity index (χ1) is 11.2. The van der Waals surface area contributed by atoms with Gasteiger partial charge in [0, 0.05) is 7.11 Å². The van der Waals surface area contributed by atoms with Gasteiger partial charge in [-0.1, -0.05) is 0 Å². The fourth-order valence-corrected chi connectivity index (χ4v) is 4.31. The van der Waals surface area contributed by atoms with Crippen molar-refractivity contribution in [3.05, 3.63) is 21.8 Å². The Balaban J connectivity index is 4.00. The highest BCUT2D eigenvalue weighted by atomic mass is 31.2. The molecule has 0 aromatic rings. The molecule has 0 aliphatic carbocycles. The van der Waals surface area contributed by atoms with E-state index in [4.69, 9.17) is 4.52 Å². The molecule has 1 rings (SSSR count). The highest BCUT2D eigenvalue weighted by Gasteiger charge is 2.55. The average molecular weight is 362 g/mol. The molecule has 0 saturated carbocycles. The van der Waals surface area contributed by atoms with Crippen molar-refractivity contribution in [1.29, 1.82) is 0 Å². The highest BCUT2D eigenvalue weighted by Crippen LogP contribution is 2.68. The van der Waals surface area contributed by atoms with Gasteiger partial charge >= 0.3 is 23.9 Å². The lowest BCUT2D eigenvalue weighted by atomic mass is 10.1. The summed E-state index contributed by atoms with van der Waals surface area (Å²) in [5.41, 5.74) is -1.47. The summed E-state index contributed by atoms with van der Waals surface area (Å²) < 4.78 is 36.0. The van der Waals surface area contributed by atoms with E-state index < -0.39 is 53.0 Å². The van der Waals surface area contributed by atoms with Gasteiger partial charge in [0.25, 0.3) is 7.37 Å². The van der Waals surface area contributed by atoms with Gasteiger partial charge in [0.05, 0.1) is 39.6 Å². The van der Waals surface area contributed by atoms with E-state index in [0.29, 0.717) is 0 Å². The first-order valence-electron chi connectivity index (χ1n) is 6.24. The van der Waals surface area contributed by atoms with Gasteiger partial charge in [-0.3, -0.25) is 4.57 Å². The fourth-order valence-electron chi connectivity index (χ4n) is 2.06. The Bertz CT molecular complexity index is 658. The van der Waals surface area contributed by atoms with Crippen LogP contribution in [0.5, 0.6) is 0 Å². The standard InChI is InChI=1S/C13H15O10P/c1-19-10(14)6-7(11(15)20-2)9(13(17)22-4)24(18,23-5)8(6)12(16)21-3/h1-5H3. The molecule has 10 nitrogen and oxygen atoms in total. The minimum absolute atomic E-state index is 0.734. The second-order valence-electron chi connectivity index (χ2n) is 4.15. The van der Waals surface area contributed by atoms with Gasteiger partial charge in [-0.15, -0.1) is 0 Å². The highest BCUT2D eigenvalue weighted by molar-refractivity contribution is 7.70. The third-order valence-corrected chi connectivity index (χ3v) is 5.61. The van der Waals surface area contributed by atoms with Crippen LogP contribution >= 0.6 is 7.37 Å². The van der Waals surface area contributed by atoms with E-state index in [0.717, 1.165) is 35.5 Å². The van der Waals surface area contributed by atoms with Crippen LogP contribution in [0.2, 0.25) is 0 Å². The molecule has 0 aromatic heterocycles. The summed E-state index contributed by atoms with van der Waals surface area (Å²) in [6.07, 6.45) is 0. The Labute approximate surface area is 136 Å². The SMILES string of the molecule is COC(=O)C1=C(C(=O)OC)P(=O)(OC)C(C(=O)OC)=C1C(=O)OC. The maximum Gasteiger partial charge on any atom is 0.345 e. The van der Waals surface area contributed by atoms with Crippen LogP contribution in [-0.2, 0) is 47.2 Å². The Morgan fingerprint density at radius 3 is 1.12 bits per heavy atom. The second-order valence-corrected chi connectivity index (χ2v) is 6.51. The Morgan fingerprint density at radius 2 is 0.917 bits per heavy atom. The number of ether oxygens (including phenoxy) is 4. The number of hydrogen-bond acceptors (Lipinski definition) is 10. The van der Waals surface area contributed by atoms with E-state index in [1.54, 1.807) is 0 Å². The molecule has 24 heavy (non-hydrogen) atoms. The van der Waals surface area contributed by atoms with Crippen molar-refractivity contribution in [2.75, 3.05) is 35.5 Å². The van der Waals surface area contributed by atoms with Crippen LogP contribution in [0.4, 0.5) is 0 Å². The molecule has 0 saturated heterocycles. The molecule has 0 bridgehead atoms. The zero-order valence-corrected chi connectivity index (χ0v) is 14.4. The van der Waals surface area contributed by atoms with Crippen LogP contribution in [-0.4, -0.2) is 59.4 Å². The quantitative estimate of drug-likeness (QED) is 0.377. The molecule has 0 fully saturated rings. The second kappa shape index (κ2) is 7.41. The number of esters is 4. The Morgan fingerprint density at radius 1 is 0.625 bits per heavy atom. The van der Waals surface area contributed by atoms with Crippen LogP contribution in [0, 0.1) is 0 Å². The number of hydrogen-bond donors (Lipinski definition) is 0. The third-order valence-electron chi connectivity index (χ3n) is 3.11. The first kappa shape index (κ1) is 19.6. The molecule has 0 radical (unpaired) electrons. The van der Waals surface area contributed by atoms with Gasteiger partial charge in [0.15, 0.2) is 0 Å². The van der Waals surface area contributed by atoms with E-state index in [1.165, 1.54) is 0 Å². The molecule has 1 aliphatic rings. The van der Waals surface area contributed by atoms with E-state index in [1.807, 2.05) is 0 Å². The molecule has 1 aliphatic heterocycles. The summed E-state index contributed by atoms with van der Waals surface area (Å²) in [5, 5.41) is -1.61. The lowest BCUT2D eigenvalue weighted by Gasteiger charge is -2.15. The zero-order chi connectivity index (χ0) is 18.7. The van der Waals surface area contributed by atoms with Gasteiger partial charge < -0.3 is 23.5 Å². The van der Waals surface area contributed by atoms with E-state index >= 15 is 0 Å². The zero-order valence-electron chi connectivity index (χ0n) is 13.5. The van der Waals surface area contributed by atoms with E-state index in [2.05, 4.69) is 18.9 Å². The van der Waals surface area contributed by atoms with E-state index in [9.17, 15) is 23.7 Å². The summed E-state index contributed by atoms with van der Waals surface area (Å²) in [6, 6.07) is 0. The molecule has 0 N–H and O–H groups in total. The first-order valence-corrected chi connectivity index (χ1v) is 7.86. The van der Waals surface area contributed by atoms with Crippen LogP contribution in [0.3, 0.4) is 0 Å². The van der Waals surface area contributed by atoms with Crippen molar-refractivity contribution in [3.63, 3.8) is 0 Å². The van der Waals surface area contributed by atoms with Crippen molar-refractivity contribution in [2.24, 2.45) is 0 Å². The molecule has 132 valence electrons. The van der Waals surface area contributed by atoms with Crippen LogP contribution < -0.4 is 0 Å². The molecular weight excluding hydrogens is 347 g/mol. The molecule has 11 heteroatoms. The summed E-state index contributed by atoms with van der Waals surface area (Å²) in [5.74, 6) is -4.87. The minimum atomic E-state index is -4.45. The van der Waals surface area contributed by atoms with Crippen molar-refractivity contribution in [2.45, 2.75) is 0 Å². The molecule has 0 amide bonds. The largest absolute Gasteiger partial charge is 0.465 e. The Kier molecular flexibility index (Phi) is 6.05. The summed E-state index contributed by atoms with van der Waals surface area (Å²) in [4.78, 5) is 48.3. The van der Waals surface area contributed by atoms with Gasteiger partial charge in [0.2, 0.25) is 0 Å². The van der Waals surface area contributed by atoms with Gasteiger partial charge in [-0.2, -0.15) is 0 Å². The van der Waals surface area contributed by atoms with Crippen LogP contribution in [0.25, 0.3) is 0 Å². The van der Waals surface area contributed by atoms with Crippen LogP contribution in [0.1, 0.15) is 0 Å². The Hall–Kier alpha value is -2.45. The number of carbonyl (C=O) groups excluding carboxylic acids is 4. The smallest absolute Gasteiger partial charge is 0.345 e. The minimum Gasteiger partial charge on any atom is -0.465 e. The average Bonchev–Trinajstić information content (AvgIpc) is 2.88. The topological polar surface area (TPSA) is 132 Å². The van der Waals surface area contributed by atoms with Crippen molar-refractivity contribution in [1.82, 2.24) is 0 Å². The third kappa shape index (κ3) is 2.85. The molecule has 0 unspecified atom stereocenters. The predicted octanol–water partition coefficient (Wildman–Crippen LogP) is 0.125. The summed E-state index contributed by atoms with van der Waals surface area (Å²) in [7, 11) is 0.322. The van der Waals surface area contributed by atoms with Crippen molar-refractivity contribution in [3.8, 4) is 0 Å². The maximum atomic E-state index is 13.2. The predicted molar refractivity (Wildman–Crippen MR) is 76.7 cm³/mol. The monoisotopic (exact) mass is 362 g/mol. The number of methoxy groups -OCH3 is 4. The fraction of sp³-hybridized carbons (Fsp3) is 0.385. The summed E-state index contributed by atoms with van der Waals surface area (Å²) in [6.45, 7) is 0. The molecule has 0 spiro atoms. The van der Waals surface area contributed by atoms with Gasteiger partial charge in [-0.05, 0) is 0 Å². The number of carbonyl (C=O) groups is 4. The van der Waals surface area contributed by atoms with Gasteiger partial charge in [-0.25, -0.2) is 19.2 Å². The van der Waals surface area contributed by atoms with E-state index in [-0.39, 0.29) is 0 Å².